The van der Waals surface area contributed by atoms with Gasteiger partial charge in [-0.05, 0) is 58.7 Å². The fourth-order valence-electron chi connectivity index (χ4n) is 4.62. The predicted octanol–water partition coefficient (Wildman–Crippen LogP) is 0.948. The molecule has 0 saturated carbocycles. The first kappa shape index (κ1) is 16.0. The molecule has 2 unspecified atom stereocenters. The lowest BCUT2D eigenvalue weighted by molar-refractivity contribution is 0.0462. The fraction of sp³-hybridized carbons (Fsp3) is 0.824. The Morgan fingerprint density at radius 2 is 1.88 bits per heavy atom. The lowest BCUT2D eigenvalue weighted by atomic mass is 9.82. The molecule has 3 fully saturated rings. The maximum absolute atomic E-state index is 12.6. The third-order valence-electron chi connectivity index (χ3n) is 6.10. The van der Waals surface area contributed by atoms with Gasteiger partial charge in [0.1, 0.15) is 0 Å². The molecule has 1 amide bonds. The first-order chi connectivity index (χ1) is 11.7. The highest BCUT2D eigenvalue weighted by molar-refractivity contribution is 5.92. The molecule has 7 heteroatoms. The van der Waals surface area contributed by atoms with E-state index in [-0.39, 0.29) is 11.9 Å². The Morgan fingerprint density at radius 3 is 2.58 bits per heavy atom. The number of hydrogen-bond acceptors (Lipinski definition) is 5. The summed E-state index contributed by atoms with van der Waals surface area (Å²) in [7, 11) is 2.23. The van der Waals surface area contributed by atoms with E-state index in [2.05, 4.69) is 32.9 Å². The molecule has 7 nitrogen and oxygen atoms in total. The van der Waals surface area contributed by atoms with Crippen molar-refractivity contribution in [1.29, 1.82) is 0 Å². The summed E-state index contributed by atoms with van der Waals surface area (Å²) in [6.07, 6.45) is 9.86. The number of nitrogens with one attached hydrogen (secondary N) is 2. The summed E-state index contributed by atoms with van der Waals surface area (Å²) in [5.41, 5.74) is 0.456. The van der Waals surface area contributed by atoms with Crippen LogP contribution in [-0.2, 0) is 0 Å². The number of nitrogens with zero attached hydrogens (tertiary/aromatic N) is 4. The molecule has 0 aliphatic carbocycles. The molecule has 2 bridgehead atoms. The second kappa shape index (κ2) is 6.80. The molecule has 0 spiro atoms. The van der Waals surface area contributed by atoms with Gasteiger partial charge in [-0.25, -0.2) is 4.68 Å². The fourth-order valence-corrected chi connectivity index (χ4v) is 4.62. The van der Waals surface area contributed by atoms with Crippen LogP contribution in [0.15, 0.2) is 6.20 Å². The van der Waals surface area contributed by atoms with Crippen LogP contribution >= 0.6 is 0 Å². The second-order valence-electron chi connectivity index (χ2n) is 7.61. The smallest absolute Gasteiger partial charge is 0.273 e. The van der Waals surface area contributed by atoms with Gasteiger partial charge in [0.2, 0.25) is 0 Å². The molecule has 4 heterocycles. The van der Waals surface area contributed by atoms with Crippen molar-refractivity contribution in [2.75, 3.05) is 20.1 Å². The molecule has 3 aliphatic rings. The average Bonchev–Trinajstić information content (AvgIpc) is 3.07. The minimum Gasteiger partial charge on any atom is -0.348 e. The van der Waals surface area contributed by atoms with E-state index in [0.717, 1.165) is 38.8 Å². The van der Waals surface area contributed by atoms with Crippen molar-refractivity contribution in [3.8, 4) is 0 Å². The normalized spacial score (nSPS) is 31.8. The number of hydrogen-bond donors (Lipinski definition) is 2. The molecule has 0 aromatic carbocycles. The number of carbonyl (C=O) groups excluding carboxylic acids is 1. The van der Waals surface area contributed by atoms with Gasteiger partial charge >= 0.3 is 0 Å². The van der Waals surface area contributed by atoms with Crippen molar-refractivity contribution in [1.82, 2.24) is 30.5 Å². The van der Waals surface area contributed by atoms with Gasteiger partial charge in [0.05, 0.1) is 12.2 Å². The van der Waals surface area contributed by atoms with Gasteiger partial charge in [0.15, 0.2) is 5.69 Å². The van der Waals surface area contributed by atoms with Gasteiger partial charge in [-0.3, -0.25) is 4.79 Å². The third-order valence-corrected chi connectivity index (χ3v) is 6.10. The van der Waals surface area contributed by atoms with Crippen molar-refractivity contribution < 1.29 is 4.79 Å². The Kier molecular flexibility index (Phi) is 4.54. The summed E-state index contributed by atoms with van der Waals surface area (Å²) in [4.78, 5) is 15.1. The number of piperidine rings is 3. The van der Waals surface area contributed by atoms with Gasteiger partial charge in [-0.2, -0.15) is 0 Å². The van der Waals surface area contributed by atoms with Crippen LogP contribution < -0.4 is 10.6 Å². The van der Waals surface area contributed by atoms with Crippen LogP contribution in [0.1, 0.15) is 61.5 Å². The molecule has 1 aromatic heterocycles. The second-order valence-corrected chi connectivity index (χ2v) is 7.61. The highest BCUT2D eigenvalue weighted by atomic mass is 16.2. The number of aromatic nitrogens is 3. The van der Waals surface area contributed by atoms with E-state index in [9.17, 15) is 4.79 Å². The Hall–Kier alpha value is -1.47. The quantitative estimate of drug-likeness (QED) is 0.862. The van der Waals surface area contributed by atoms with Crippen molar-refractivity contribution in [3.05, 3.63) is 11.9 Å². The molecule has 3 aliphatic heterocycles. The van der Waals surface area contributed by atoms with Crippen LogP contribution in [0.25, 0.3) is 0 Å². The van der Waals surface area contributed by atoms with E-state index in [1.165, 1.54) is 19.3 Å². The van der Waals surface area contributed by atoms with Crippen molar-refractivity contribution in [2.45, 2.75) is 69.1 Å². The number of amides is 1. The maximum Gasteiger partial charge on any atom is 0.273 e. The summed E-state index contributed by atoms with van der Waals surface area (Å²) in [5.74, 6) is -0.0668. The van der Waals surface area contributed by atoms with Crippen LogP contribution in [0.3, 0.4) is 0 Å². The zero-order chi connectivity index (χ0) is 16.5. The lowest BCUT2D eigenvalue weighted by Crippen LogP contribution is -2.55. The molecule has 2 atom stereocenters. The topological polar surface area (TPSA) is 75.1 Å². The third kappa shape index (κ3) is 3.19. The first-order valence-electron chi connectivity index (χ1n) is 9.36. The molecule has 132 valence electrons. The number of carbonyl (C=O) groups is 1. The van der Waals surface area contributed by atoms with E-state index >= 15 is 0 Å². The first-order valence-corrected chi connectivity index (χ1v) is 9.36. The summed E-state index contributed by atoms with van der Waals surface area (Å²) in [6.45, 7) is 2.01. The Morgan fingerprint density at radius 1 is 1.17 bits per heavy atom. The van der Waals surface area contributed by atoms with Gasteiger partial charge in [0, 0.05) is 18.1 Å². The van der Waals surface area contributed by atoms with E-state index in [4.69, 9.17) is 0 Å². The number of fused-ring (bicyclic) bond motifs is 2. The van der Waals surface area contributed by atoms with Crippen LogP contribution in [0.2, 0.25) is 0 Å². The van der Waals surface area contributed by atoms with Gasteiger partial charge < -0.3 is 15.5 Å². The van der Waals surface area contributed by atoms with Crippen LogP contribution in [-0.4, -0.2) is 64.1 Å². The van der Waals surface area contributed by atoms with Crippen LogP contribution in [0.5, 0.6) is 0 Å². The Balaban J connectivity index is 1.37. The molecule has 24 heavy (non-hydrogen) atoms. The minimum absolute atomic E-state index is 0.0668. The van der Waals surface area contributed by atoms with Gasteiger partial charge in [-0.15, -0.1) is 5.10 Å². The van der Waals surface area contributed by atoms with E-state index < -0.39 is 0 Å². The average molecular weight is 332 g/mol. The van der Waals surface area contributed by atoms with Crippen LogP contribution in [0, 0.1) is 0 Å². The minimum atomic E-state index is -0.0668. The van der Waals surface area contributed by atoms with Gasteiger partial charge in [0.25, 0.3) is 5.91 Å². The highest BCUT2D eigenvalue weighted by Gasteiger charge is 2.36. The Labute approximate surface area is 143 Å². The standard InChI is InChI=1S/C17H28N6O/c1-22-14-3-2-4-15(22)10-12(9-14)19-17(24)16-11-23(21-20-16)13-5-7-18-8-6-13/h11-15,18H,2-10H2,1H3,(H,19,24). The largest absolute Gasteiger partial charge is 0.348 e. The summed E-state index contributed by atoms with van der Waals surface area (Å²) in [5, 5.41) is 14.9. The Bertz CT molecular complexity index is 567. The molecule has 1 aromatic rings. The predicted molar refractivity (Wildman–Crippen MR) is 90.8 cm³/mol. The zero-order valence-corrected chi connectivity index (χ0v) is 14.4. The van der Waals surface area contributed by atoms with Crippen molar-refractivity contribution >= 4 is 5.91 Å². The van der Waals surface area contributed by atoms with E-state index in [1.54, 1.807) is 0 Å². The maximum atomic E-state index is 12.6. The molecular weight excluding hydrogens is 304 g/mol. The summed E-state index contributed by atoms with van der Waals surface area (Å²) in [6, 6.07) is 1.87. The zero-order valence-electron chi connectivity index (χ0n) is 14.4. The molecular formula is C17H28N6O. The number of rotatable bonds is 3. The van der Waals surface area contributed by atoms with E-state index in [1.807, 2.05) is 10.9 Å². The molecule has 2 N–H and O–H groups in total. The van der Waals surface area contributed by atoms with E-state index in [0.29, 0.717) is 23.8 Å². The highest BCUT2D eigenvalue weighted by Crippen LogP contribution is 2.32. The lowest BCUT2D eigenvalue weighted by Gasteiger charge is -2.47. The molecule has 0 radical (unpaired) electrons. The van der Waals surface area contributed by atoms with Crippen LogP contribution in [0.4, 0.5) is 0 Å². The molecule has 4 rings (SSSR count). The summed E-state index contributed by atoms with van der Waals surface area (Å²) < 4.78 is 1.87. The SMILES string of the molecule is CN1C2CCCC1CC(NC(=O)c1cn(C3CCNCC3)nn1)C2. The molecule has 3 saturated heterocycles. The van der Waals surface area contributed by atoms with Crippen molar-refractivity contribution in [3.63, 3.8) is 0 Å². The van der Waals surface area contributed by atoms with Crippen molar-refractivity contribution in [2.24, 2.45) is 0 Å². The monoisotopic (exact) mass is 332 g/mol. The summed E-state index contributed by atoms with van der Waals surface area (Å²) >= 11 is 0. The van der Waals surface area contributed by atoms with Gasteiger partial charge in [-0.1, -0.05) is 11.6 Å².